The molecule has 0 saturated heterocycles. The van der Waals surface area contributed by atoms with Crippen LogP contribution in [0.5, 0.6) is 0 Å². The van der Waals surface area contributed by atoms with Crippen LogP contribution in [-0.4, -0.2) is 27.9 Å². The predicted octanol–water partition coefficient (Wildman–Crippen LogP) is 2.68. The quantitative estimate of drug-likeness (QED) is 0.824. The standard InChI is InChI=1S/C16H18N2O3S.ClH/c1-9-2-3-10-6-11(22-5-4-17)7-12-14(10)18(9)8-13(15(12)19)16(20)21;/h6-9H,2-5,17H2,1H3,(H,20,21);1H. The Morgan fingerprint density at radius 1 is 1.48 bits per heavy atom. The molecule has 1 unspecified atom stereocenters. The maximum atomic E-state index is 12.5. The molecule has 3 rings (SSSR count). The lowest BCUT2D eigenvalue weighted by Crippen LogP contribution is -2.23. The first kappa shape index (κ1) is 17.8. The molecular formula is C16H19ClN2O3S. The molecule has 1 aromatic heterocycles. The number of carbonyl (C=O) groups is 1. The van der Waals surface area contributed by atoms with Crippen LogP contribution < -0.4 is 11.2 Å². The Balaban J connectivity index is 0.00000192. The highest BCUT2D eigenvalue weighted by Crippen LogP contribution is 2.33. The van der Waals surface area contributed by atoms with Crippen LogP contribution in [0.4, 0.5) is 0 Å². The molecule has 3 N–H and O–H groups in total. The fraction of sp³-hybridized carbons (Fsp3) is 0.375. The van der Waals surface area contributed by atoms with Crippen LogP contribution in [0.3, 0.4) is 0 Å². The van der Waals surface area contributed by atoms with E-state index in [-0.39, 0.29) is 24.0 Å². The molecule has 1 aliphatic heterocycles. The minimum atomic E-state index is -1.17. The van der Waals surface area contributed by atoms with E-state index in [0.717, 1.165) is 34.6 Å². The van der Waals surface area contributed by atoms with Gasteiger partial charge in [-0.3, -0.25) is 4.79 Å². The Labute approximate surface area is 144 Å². The Hall–Kier alpha value is -1.50. The molecule has 0 saturated carbocycles. The Bertz CT molecular complexity index is 819. The topological polar surface area (TPSA) is 85.3 Å². The zero-order valence-corrected chi connectivity index (χ0v) is 14.4. The second kappa shape index (κ2) is 6.95. The molecule has 0 spiro atoms. The van der Waals surface area contributed by atoms with Gasteiger partial charge in [-0.2, -0.15) is 0 Å². The maximum Gasteiger partial charge on any atom is 0.341 e. The molecule has 2 heterocycles. The van der Waals surface area contributed by atoms with Gasteiger partial charge in [-0.25, -0.2) is 4.79 Å². The van der Waals surface area contributed by atoms with E-state index in [9.17, 15) is 14.7 Å². The van der Waals surface area contributed by atoms with Crippen molar-refractivity contribution < 1.29 is 9.90 Å². The lowest BCUT2D eigenvalue weighted by Gasteiger charge is -2.27. The van der Waals surface area contributed by atoms with Crippen molar-refractivity contribution in [2.75, 3.05) is 12.3 Å². The van der Waals surface area contributed by atoms with Crippen LogP contribution in [0.15, 0.2) is 28.0 Å². The SMILES string of the molecule is CC1CCc2cc(SCCN)cc3c(=O)c(C(=O)O)cn1c23.Cl. The molecule has 0 radical (unpaired) electrons. The van der Waals surface area contributed by atoms with E-state index >= 15 is 0 Å². The summed E-state index contributed by atoms with van der Waals surface area (Å²) in [7, 11) is 0. The third-order valence-electron chi connectivity index (χ3n) is 4.10. The number of carboxylic acid groups (broad SMARTS) is 1. The van der Waals surface area contributed by atoms with Crippen molar-refractivity contribution in [3.8, 4) is 0 Å². The number of carboxylic acids is 1. The third-order valence-corrected chi connectivity index (χ3v) is 5.11. The first-order valence-electron chi connectivity index (χ1n) is 7.31. The number of aromatic nitrogens is 1. The number of aryl methyl sites for hydroxylation is 1. The van der Waals surface area contributed by atoms with E-state index in [4.69, 9.17) is 5.73 Å². The van der Waals surface area contributed by atoms with E-state index in [1.54, 1.807) is 11.8 Å². The summed E-state index contributed by atoms with van der Waals surface area (Å²) in [6.07, 6.45) is 3.34. The first-order valence-corrected chi connectivity index (χ1v) is 8.29. The molecule has 23 heavy (non-hydrogen) atoms. The molecule has 0 amide bonds. The summed E-state index contributed by atoms with van der Waals surface area (Å²) in [6.45, 7) is 2.62. The molecule has 2 aromatic rings. The third kappa shape index (κ3) is 3.11. The molecule has 1 aromatic carbocycles. The lowest BCUT2D eigenvalue weighted by atomic mass is 9.96. The van der Waals surface area contributed by atoms with Crippen molar-refractivity contribution in [1.29, 1.82) is 0 Å². The summed E-state index contributed by atoms with van der Waals surface area (Å²) in [4.78, 5) is 24.9. The Morgan fingerprint density at radius 3 is 2.87 bits per heavy atom. The highest BCUT2D eigenvalue weighted by atomic mass is 35.5. The smallest absolute Gasteiger partial charge is 0.341 e. The van der Waals surface area contributed by atoms with Gasteiger partial charge in [0.15, 0.2) is 0 Å². The summed E-state index contributed by atoms with van der Waals surface area (Å²) in [5.41, 5.74) is 6.98. The number of hydrogen-bond donors (Lipinski definition) is 2. The molecule has 5 nitrogen and oxygen atoms in total. The fourth-order valence-electron chi connectivity index (χ4n) is 3.00. The second-order valence-electron chi connectivity index (χ2n) is 5.59. The molecule has 0 aliphatic carbocycles. The molecule has 1 atom stereocenters. The number of nitrogens with zero attached hydrogens (tertiary/aromatic N) is 1. The summed E-state index contributed by atoms with van der Waals surface area (Å²) in [5.74, 6) is -0.399. The van der Waals surface area contributed by atoms with Crippen molar-refractivity contribution in [2.45, 2.75) is 30.7 Å². The van der Waals surface area contributed by atoms with Crippen molar-refractivity contribution in [1.82, 2.24) is 4.57 Å². The number of thioether (sulfide) groups is 1. The van der Waals surface area contributed by atoms with Gasteiger partial charge in [0.25, 0.3) is 0 Å². The van der Waals surface area contributed by atoms with Crippen LogP contribution in [-0.2, 0) is 6.42 Å². The average Bonchev–Trinajstić information content (AvgIpc) is 2.50. The first-order chi connectivity index (χ1) is 10.5. The molecular weight excluding hydrogens is 336 g/mol. The average molecular weight is 355 g/mol. The van der Waals surface area contributed by atoms with Crippen molar-refractivity contribution in [2.24, 2.45) is 5.73 Å². The number of rotatable bonds is 4. The van der Waals surface area contributed by atoms with Gasteiger partial charge in [-0.05, 0) is 37.5 Å². The fourth-order valence-corrected chi connectivity index (χ4v) is 3.79. The maximum absolute atomic E-state index is 12.5. The van der Waals surface area contributed by atoms with Gasteiger partial charge in [0, 0.05) is 34.8 Å². The summed E-state index contributed by atoms with van der Waals surface area (Å²) < 4.78 is 1.94. The number of halogens is 1. The van der Waals surface area contributed by atoms with Gasteiger partial charge in [-0.15, -0.1) is 24.2 Å². The number of hydrogen-bond acceptors (Lipinski definition) is 4. The molecule has 124 valence electrons. The normalized spacial score (nSPS) is 16.2. The molecule has 7 heteroatoms. The van der Waals surface area contributed by atoms with Gasteiger partial charge >= 0.3 is 5.97 Å². The zero-order chi connectivity index (χ0) is 15.9. The molecule has 0 bridgehead atoms. The van der Waals surface area contributed by atoms with Gasteiger partial charge < -0.3 is 15.4 Å². The second-order valence-corrected chi connectivity index (χ2v) is 6.76. The minimum absolute atomic E-state index is 0. The van der Waals surface area contributed by atoms with Gasteiger partial charge in [0.05, 0.1) is 5.52 Å². The largest absolute Gasteiger partial charge is 0.477 e. The van der Waals surface area contributed by atoms with Crippen molar-refractivity contribution in [3.63, 3.8) is 0 Å². The Kier molecular flexibility index (Phi) is 5.39. The van der Waals surface area contributed by atoms with Gasteiger partial charge in [-0.1, -0.05) is 0 Å². The number of nitrogens with two attached hydrogens (primary N) is 1. The Morgan fingerprint density at radius 2 is 2.22 bits per heavy atom. The summed E-state index contributed by atoms with van der Waals surface area (Å²) in [5, 5.41) is 9.80. The van der Waals surface area contributed by atoms with E-state index in [1.165, 1.54) is 6.20 Å². The van der Waals surface area contributed by atoms with Gasteiger partial charge in [0.2, 0.25) is 5.43 Å². The lowest BCUT2D eigenvalue weighted by molar-refractivity contribution is 0.0694. The van der Waals surface area contributed by atoms with E-state index < -0.39 is 11.4 Å². The van der Waals surface area contributed by atoms with Gasteiger partial charge in [0.1, 0.15) is 5.56 Å². The molecule has 1 aliphatic rings. The van der Waals surface area contributed by atoms with Crippen molar-refractivity contribution in [3.05, 3.63) is 39.7 Å². The van der Waals surface area contributed by atoms with Crippen LogP contribution in [0.25, 0.3) is 10.9 Å². The van der Waals surface area contributed by atoms with Crippen LogP contribution in [0, 0.1) is 0 Å². The van der Waals surface area contributed by atoms with E-state index in [2.05, 4.69) is 13.0 Å². The highest BCUT2D eigenvalue weighted by molar-refractivity contribution is 7.99. The zero-order valence-electron chi connectivity index (χ0n) is 12.7. The summed E-state index contributed by atoms with van der Waals surface area (Å²) >= 11 is 1.60. The summed E-state index contributed by atoms with van der Waals surface area (Å²) in [6, 6.07) is 4.10. The van der Waals surface area contributed by atoms with Crippen LogP contribution >= 0.6 is 24.2 Å². The van der Waals surface area contributed by atoms with Crippen molar-refractivity contribution >= 4 is 41.0 Å². The van der Waals surface area contributed by atoms with E-state index in [0.29, 0.717) is 11.9 Å². The molecule has 0 fully saturated rings. The van der Waals surface area contributed by atoms with Crippen LogP contribution in [0.2, 0.25) is 0 Å². The number of benzene rings is 1. The minimum Gasteiger partial charge on any atom is -0.477 e. The monoisotopic (exact) mass is 354 g/mol. The number of aromatic carboxylic acids is 1. The van der Waals surface area contributed by atoms with E-state index in [1.807, 2.05) is 10.6 Å². The van der Waals surface area contributed by atoms with Crippen LogP contribution in [0.1, 0.15) is 35.3 Å². The predicted molar refractivity (Wildman–Crippen MR) is 95.2 cm³/mol. The number of pyridine rings is 1. The highest BCUT2D eigenvalue weighted by Gasteiger charge is 2.23.